The van der Waals surface area contributed by atoms with Crippen LogP contribution in [0.1, 0.15) is 27.8 Å². The Balaban J connectivity index is 0.00000306. The van der Waals surface area contributed by atoms with Gasteiger partial charge in [0.05, 0.1) is 6.04 Å². The number of fused-ring (bicyclic) bond motifs is 1. The van der Waals surface area contributed by atoms with Crippen molar-refractivity contribution in [3.63, 3.8) is 0 Å². The van der Waals surface area contributed by atoms with Crippen LogP contribution >= 0.6 is 12.4 Å². The number of halogens is 1. The van der Waals surface area contributed by atoms with Gasteiger partial charge in [0, 0.05) is 18.7 Å². The topological polar surface area (TPSA) is 70.2 Å². The highest BCUT2D eigenvalue weighted by Crippen LogP contribution is 2.18. The summed E-state index contributed by atoms with van der Waals surface area (Å²) in [5, 5.41) is 9.32. The highest BCUT2D eigenvalue weighted by Gasteiger charge is 2.28. The second-order valence-corrected chi connectivity index (χ2v) is 8.46. The molecule has 2 atom stereocenters. The summed E-state index contributed by atoms with van der Waals surface area (Å²) in [5.41, 5.74) is 6.27. The lowest BCUT2D eigenvalue weighted by molar-refractivity contribution is -0.128. The monoisotopic (exact) mass is 463 g/mol. The van der Waals surface area contributed by atoms with Gasteiger partial charge < -0.3 is 16.0 Å². The molecule has 0 radical (unpaired) electrons. The van der Waals surface area contributed by atoms with Crippen molar-refractivity contribution in [2.45, 2.75) is 45.3 Å². The van der Waals surface area contributed by atoms with Crippen LogP contribution in [0.5, 0.6) is 0 Å². The normalized spacial score (nSPS) is 15.5. The molecule has 3 aromatic rings. The van der Waals surface area contributed by atoms with Gasteiger partial charge in [-0.15, -0.1) is 12.4 Å². The molecule has 0 saturated carbocycles. The van der Waals surface area contributed by atoms with E-state index in [-0.39, 0.29) is 30.3 Å². The van der Waals surface area contributed by atoms with Crippen LogP contribution < -0.4 is 16.0 Å². The molecule has 0 spiro atoms. The Morgan fingerprint density at radius 2 is 1.67 bits per heavy atom. The minimum atomic E-state index is -0.676. The zero-order valence-electron chi connectivity index (χ0n) is 18.9. The van der Waals surface area contributed by atoms with Gasteiger partial charge >= 0.3 is 0 Å². The Labute approximate surface area is 201 Å². The SMILES string of the molecule is Cc1ccc(NC(=O)C(Cc2ccccc2)NC(=O)C2Cc3ccccc3CN2)c(C)c1.Cl. The fourth-order valence-corrected chi connectivity index (χ4v) is 4.14. The van der Waals surface area contributed by atoms with Gasteiger partial charge in [-0.1, -0.05) is 72.3 Å². The summed E-state index contributed by atoms with van der Waals surface area (Å²) in [7, 11) is 0. The summed E-state index contributed by atoms with van der Waals surface area (Å²) < 4.78 is 0. The predicted octanol–water partition coefficient (Wildman–Crippen LogP) is 4.11. The van der Waals surface area contributed by atoms with E-state index in [1.165, 1.54) is 11.1 Å². The summed E-state index contributed by atoms with van der Waals surface area (Å²) in [6.07, 6.45) is 1.03. The molecule has 1 heterocycles. The zero-order chi connectivity index (χ0) is 22.5. The van der Waals surface area contributed by atoms with Crippen molar-refractivity contribution in [2.24, 2.45) is 0 Å². The van der Waals surface area contributed by atoms with E-state index in [1.54, 1.807) is 0 Å². The van der Waals surface area contributed by atoms with Crippen molar-refractivity contribution in [1.29, 1.82) is 0 Å². The molecule has 3 aromatic carbocycles. The molecule has 4 rings (SSSR count). The fraction of sp³-hybridized carbons (Fsp3) is 0.259. The van der Waals surface area contributed by atoms with Gasteiger partial charge in [-0.2, -0.15) is 0 Å². The Kier molecular flexibility index (Phi) is 8.26. The molecule has 33 heavy (non-hydrogen) atoms. The zero-order valence-corrected chi connectivity index (χ0v) is 19.7. The Bertz CT molecular complexity index is 1120. The standard InChI is InChI=1S/C27H29N3O2.ClH/c1-18-12-13-23(19(2)14-18)29-27(32)25(15-20-8-4-3-5-9-20)30-26(31)24-16-21-10-6-7-11-22(21)17-28-24;/h3-14,24-25,28H,15-17H2,1-2H3,(H,29,32)(H,30,31);1H. The van der Waals surface area contributed by atoms with Gasteiger partial charge in [0.2, 0.25) is 11.8 Å². The first-order valence-corrected chi connectivity index (χ1v) is 11.0. The number of hydrogen-bond donors (Lipinski definition) is 3. The number of aryl methyl sites for hydroxylation is 2. The predicted molar refractivity (Wildman–Crippen MR) is 135 cm³/mol. The van der Waals surface area contributed by atoms with E-state index in [1.807, 2.05) is 74.5 Å². The third kappa shape index (κ3) is 6.21. The molecule has 0 saturated heterocycles. The molecule has 172 valence electrons. The number of anilines is 1. The second kappa shape index (κ2) is 11.1. The molecule has 0 bridgehead atoms. The average molecular weight is 464 g/mol. The van der Waals surface area contributed by atoms with Gasteiger partial charge in [-0.3, -0.25) is 9.59 Å². The van der Waals surface area contributed by atoms with Gasteiger partial charge in [-0.05, 0) is 48.6 Å². The van der Waals surface area contributed by atoms with Crippen molar-refractivity contribution in [1.82, 2.24) is 10.6 Å². The number of carbonyl (C=O) groups is 2. The highest BCUT2D eigenvalue weighted by atomic mass is 35.5. The quantitative estimate of drug-likeness (QED) is 0.515. The van der Waals surface area contributed by atoms with Crippen LogP contribution in [0.3, 0.4) is 0 Å². The smallest absolute Gasteiger partial charge is 0.247 e. The van der Waals surface area contributed by atoms with E-state index < -0.39 is 6.04 Å². The van der Waals surface area contributed by atoms with Crippen molar-refractivity contribution in [3.05, 3.63) is 101 Å². The highest BCUT2D eigenvalue weighted by molar-refractivity contribution is 5.98. The van der Waals surface area contributed by atoms with Crippen LogP contribution in [0.2, 0.25) is 0 Å². The maximum atomic E-state index is 13.2. The molecule has 5 nitrogen and oxygen atoms in total. The molecule has 0 fully saturated rings. The average Bonchev–Trinajstić information content (AvgIpc) is 2.80. The first kappa shape index (κ1) is 24.5. The molecular weight excluding hydrogens is 434 g/mol. The van der Waals surface area contributed by atoms with Crippen molar-refractivity contribution >= 4 is 29.9 Å². The van der Waals surface area contributed by atoms with Crippen LogP contribution in [0.4, 0.5) is 5.69 Å². The molecule has 6 heteroatoms. The van der Waals surface area contributed by atoms with Crippen LogP contribution in [-0.2, 0) is 29.0 Å². The summed E-state index contributed by atoms with van der Waals surface area (Å²) in [6, 6.07) is 22.8. The third-order valence-electron chi connectivity index (χ3n) is 5.95. The number of hydrogen-bond acceptors (Lipinski definition) is 3. The maximum absolute atomic E-state index is 13.2. The Hall–Kier alpha value is -3.15. The number of carbonyl (C=O) groups excluding carboxylic acids is 2. The first-order valence-electron chi connectivity index (χ1n) is 11.0. The van der Waals surface area contributed by atoms with Crippen LogP contribution in [0, 0.1) is 13.8 Å². The Morgan fingerprint density at radius 1 is 0.970 bits per heavy atom. The van der Waals surface area contributed by atoms with Gasteiger partial charge in [-0.25, -0.2) is 0 Å². The lowest BCUT2D eigenvalue weighted by Gasteiger charge is -2.27. The summed E-state index contributed by atoms with van der Waals surface area (Å²) in [5.74, 6) is -0.374. The second-order valence-electron chi connectivity index (χ2n) is 8.46. The first-order chi connectivity index (χ1) is 15.5. The largest absolute Gasteiger partial charge is 0.343 e. The Morgan fingerprint density at radius 3 is 2.39 bits per heavy atom. The molecule has 0 aliphatic carbocycles. The molecule has 1 aliphatic heterocycles. The number of benzene rings is 3. The summed E-state index contributed by atoms with van der Waals surface area (Å²) in [6.45, 7) is 4.63. The molecule has 1 aliphatic rings. The lowest BCUT2D eigenvalue weighted by Crippen LogP contribution is -2.53. The fourth-order valence-electron chi connectivity index (χ4n) is 4.14. The molecule has 0 aromatic heterocycles. The number of amides is 2. The number of rotatable bonds is 6. The van der Waals surface area contributed by atoms with E-state index >= 15 is 0 Å². The molecule has 2 unspecified atom stereocenters. The van der Waals surface area contributed by atoms with Gasteiger partial charge in [0.1, 0.15) is 6.04 Å². The van der Waals surface area contributed by atoms with Gasteiger partial charge in [0.25, 0.3) is 0 Å². The van der Waals surface area contributed by atoms with E-state index in [0.29, 0.717) is 19.4 Å². The van der Waals surface area contributed by atoms with E-state index in [0.717, 1.165) is 22.4 Å². The molecule has 3 N–H and O–H groups in total. The van der Waals surface area contributed by atoms with Gasteiger partial charge in [0.15, 0.2) is 0 Å². The van der Waals surface area contributed by atoms with Crippen LogP contribution in [0.15, 0.2) is 72.8 Å². The minimum Gasteiger partial charge on any atom is -0.343 e. The van der Waals surface area contributed by atoms with Crippen molar-refractivity contribution < 1.29 is 9.59 Å². The van der Waals surface area contributed by atoms with E-state index in [2.05, 4.69) is 28.1 Å². The summed E-state index contributed by atoms with van der Waals surface area (Å²) in [4.78, 5) is 26.3. The minimum absolute atomic E-state index is 0. The molecular formula is C27H30ClN3O2. The maximum Gasteiger partial charge on any atom is 0.247 e. The van der Waals surface area contributed by atoms with Crippen molar-refractivity contribution in [2.75, 3.05) is 5.32 Å². The summed E-state index contributed by atoms with van der Waals surface area (Å²) >= 11 is 0. The lowest BCUT2D eigenvalue weighted by atomic mass is 9.95. The van der Waals surface area contributed by atoms with Crippen LogP contribution in [-0.4, -0.2) is 23.9 Å². The van der Waals surface area contributed by atoms with Crippen molar-refractivity contribution in [3.8, 4) is 0 Å². The third-order valence-corrected chi connectivity index (χ3v) is 5.95. The molecule has 2 amide bonds. The number of nitrogens with one attached hydrogen (secondary N) is 3. The van der Waals surface area contributed by atoms with Crippen LogP contribution in [0.25, 0.3) is 0 Å². The van der Waals surface area contributed by atoms with E-state index in [9.17, 15) is 9.59 Å². The van der Waals surface area contributed by atoms with E-state index in [4.69, 9.17) is 0 Å².